The Hall–Kier alpha value is -0.680. The van der Waals surface area contributed by atoms with Gasteiger partial charge < -0.3 is 10.2 Å². The predicted molar refractivity (Wildman–Crippen MR) is 65.5 cm³/mol. The average molecular weight is 262 g/mol. The molecule has 0 spiro atoms. The number of benzene rings is 1. The molecule has 5 heteroatoms. The van der Waals surface area contributed by atoms with Crippen molar-refractivity contribution in [3.8, 4) is 0 Å². The van der Waals surface area contributed by atoms with Crippen LogP contribution in [0.3, 0.4) is 0 Å². The highest BCUT2D eigenvalue weighted by molar-refractivity contribution is 6.30. The molecule has 1 rings (SSSR count). The van der Waals surface area contributed by atoms with Crippen LogP contribution in [0.5, 0.6) is 0 Å². The molecule has 0 aromatic heterocycles. The van der Waals surface area contributed by atoms with Crippen molar-refractivity contribution in [1.82, 2.24) is 4.90 Å². The predicted octanol–water partition coefficient (Wildman–Crippen LogP) is 1.65. The smallest absolute Gasteiger partial charge is 0.141 e. The van der Waals surface area contributed by atoms with E-state index in [-0.39, 0.29) is 24.3 Å². The molecule has 0 aliphatic carbocycles. The average Bonchev–Trinajstić information content (AvgIpc) is 2.30. The fourth-order valence-corrected chi connectivity index (χ4v) is 1.86. The fourth-order valence-electron chi connectivity index (χ4n) is 1.66. The van der Waals surface area contributed by atoms with E-state index in [0.717, 1.165) is 5.56 Å². The van der Waals surface area contributed by atoms with Gasteiger partial charge >= 0.3 is 0 Å². The summed E-state index contributed by atoms with van der Waals surface area (Å²) in [7, 11) is 1.84. The molecule has 1 atom stereocenters. The van der Waals surface area contributed by atoms with Gasteiger partial charge in [0.25, 0.3) is 0 Å². The molecule has 1 unspecified atom stereocenters. The molecule has 1 aromatic rings. The summed E-state index contributed by atoms with van der Waals surface area (Å²) in [6.45, 7) is 0.553. The number of aliphatic hydroxyl groups excluding tert-OH is 2. The van der Waals surface area contributed by atoms with E-state index in [1.807, 2.05) is 11.9 Å². The lowest BCUT2D eigenvalue weighted by Gasteiger charge is -2.25. The van der Waals surface area contributed by atoms with Crippen LogP contribution in [-0.2, 0) is 6.54 Å². The van der Waals surface area contributed by atoms with Gasteiger partial charge in [-0.2, -0.15) is 0 Å². The van der Waals surface area contributed by atoms with Crippen molar-refractivity contribution in [2.75, 3.05) is 20.3 Å². The van der Waals surface area contributed by atoms with Crippen LogP contribution in [0, 0.1) is 5.82 Å². The molecule has 0 amide bonds. The van der Waals surface area contributed by atoms with Gasteiger partial charge in [-0.15, -0.1) is 0 Å². The molecule has 17 heavy (non-hydrogen) atoms. The van der Waals surface area contributed by atoms with Crippen molar-refractivity contribution in [2.24, 2.45) is 0 Å². The van der Waals surface area contributed by atoms with E-state index >= 15 is 0 Å². The van der Waals surface area contributed by atoms with E-state index in [9.17, 15) is 4.39 Å². The summed E-state index contributed by atoms with van der Waals surface area (Å²) in [4.78, 5) is 1.90. The molecular formula is C12H17ClFNO2. The normalized spacial score (nSPS) is 13.1. The highest BCUT2D eigenvalue weighted by atomic mass is 35.5. The van der Waals surface area contributed by atoms with E-state index < -0.39 is 5.82 Å². The number of nitrogens with zero attached hydrogens (tertiary/aromatic N) is 1. The van der Waals surface area contributed by atoms with Crippen molar-refractivity contribution in [3.05, 3.63) is 34.6 Å². The lowest BCUT2D eigenvalue weighted by Crippen LogP contribution is -2.35. The first-order valence-electron chi connectivity index (χ1n) is 5.44. The van der Waals surface area contributed by atoms with E-state index in [1.165, 1.54) is 6.07 Å². The lowest BCUT2D eigenvalue weighted by atomic mass is 10.1. The summed E-state index contributed by atoms with van der Waals surface area (Å²) in [5.41, 5.74) is 0.871. The Morgan fingerprint density at radius 2 is 2.12 bits per heavy atom. The first-order chi connectivity index (χ1) is 8.08. The minimum absolute atomic E-state index is 0.0218. The van der Waals surface area contributed by atoms with Gasteiger partial charge in [0.15, 0.2) is 0 Å². The topological polar surface area (TPSA) is 43.7 Å². The molecule has 0 fully saturated rings. The molecule has 2 N–H and O–H groups in total. The van der Waals surface area contributed by atoms with Crippen LogP contribution >= 0.6 is 11.6 Å². The maximum Gasteiger partial charge on any atom is 0.141 e. The van der Waals surface area contributed by atoms with Crippen molar-refractivity contribution < 1.29 is 14.6 Å². The maximum atomic E-state index is 13.0. The SMILES string of the molecule is CN(Cc1ccc(F)c(Cl)c1)C(CO)CCO. The highest BCUT2D eigenvalue weighted by Crippen LogP contribution is 2.17. The zero-order chi connectivity index (χ0) is 12.8. The fraction of sp³-hybridized carbons (Fsp3) is 0.500. The van der Waals surface area contributed by atoms with Gasteiger partial charge in [0.05, 0.1) is 11.6 Å². The minimum Gasteiger partial charge on any atom is -0.396 e. The van der Waals surface area contributed by atoms with Crippen LogP contribution in [0.2, 0.25) is 5.02 Å². The summed E-state index contributed by atoms with van der Waals surface area (Å²) in [6, 6.07) is 4.45. The van der Waals surface area contributed by atoms with Gasteiger partial charge in [-0.05, 0) is 31.2 Å². The quantitative estimate of drug-likeness (QED) is 0.819. The third-order valence-corrected chi connectivity index (χ3v) is 3.00. The van der Waals surface area contributed by atoms with Crippen LogP contribution in [0.25, 0.3) is 0 Å². The molecule has 0 heterocycles. The Labute approximate surface area is 105 Å². The van der Waals surface area contributed by atoms with Crippen LogP contribution in [-0.4, -0.2) is 41.4 Å². The number of rotatable bonds is 6. The first-order valence-corrected chi connectivity index (χ1v) is 5.82. The number of hydrogen-bond donors (Lipinski definition) is 2. The maximum absolute atomic E-state index is 13.0. The first kappa shape index (κ1) is 14.4. The van der Waals surface area contributed by atoms with Crippen molar-refractivity contribution in [1.29, 1.82) is 0 Å². The Bertz CT molecular complexity index is 362. The van der Waals surface area contributed by atoms with Crippen molar-refractivity contribution in [2.45, 2.75) is 19.0 Å². The molecule has 0 aliphatic heterocycles. The van der Waals surface area contributed by atoms with Gasteiger partial charge in [-0.25, -0.2) is 4.39 Å². The third-order valence-electron chi connectivity index (χ3n) is 2.71. The third kappa shape index (κ3) is 4.24. The summed E-state index contributed by atoms with van der Waals surface area (Å²) in [6.07, 6.45) is 0.502. The Morgan fingerprint density at radius 1 is 1.41 bits per heavy atom. The van der Waals surface area contributed by atoms with Gasteiger partial charge in [-0.3, -0.25) is 4.90 Å². The van der Waals surface area contributed by atoms with Gasteiger partial charge in [0.2, 0.25) is 0 Å². The van der Waals surface area contributed by atoms with E-state index in [2.05, 4.69) is 0 Å². The van der Waals surface area contributed by atoms with E-state index in [4.69, 9.17) is 21.8 Å². The van der Waals surface area contributed by atoms with Crippen LogP contribution < -0.4 is 0 Å². The molecule has 0 aliphatic rings. The summed E-state index contributed by atoms with van der Waals surface area (Å²) >= 11 is 5.69. The Balaban J connectivity index is 2.66. The molecule has 0 radical (unpaired) electrons. The van der Waals surface area contributed by atoms with Gasteiger partial charge in [-0.1, -0.05) is 17.7 Å². The number of aliphatic hydroxyl groups is 2. The van der Waals surface area contributed by atoms with Crippen molar-refractivity contribution in [3.63, 3.8) is 0 Å². The number of likely N-dealkylation sites (N-methyl/N-ethyl adjacent to an activating group) is 1. The monoisotopic (exact) mass is 261 g/mol. The van der Waals surface area contributed by atoms with Crippen molar-refractivity contribution >= 4 is 11.6 Å². The lowest BCUT2D eigenvalue weighted by molar-refractivity contribution is 0.115. The molecule has 3 nitrogen and oxygen atoms in total. The number of halogens is 2. The highest BCUT2D eigenvalue weighted by Gasteiger charge is 2.13. The largest absolute Gasteiger partial charge is 0.396 e. The second-order valence-electron chi connectivity index (χ2n) is 4.01. The molecule has 0 saturated heterocycles. The van der Waals surface area contributed by atoms with Crippen LogP contribution in [0.1, 0.15) is 12.0 Å². The Morgan fingerprint density at radius 3 is 2.65 bits per heavy atom. The van der Waals surface area contributed by atoms with E-state index in [1.54, 1.807) is 12.1 Å². The summed E-state index contributed by atoms with van der Waals surface area (Å²) in [5, 5.41) is 18.1. The Kier molecular flexibility index (Phi) is 5.85. The van der Waals surface area contributed by atoms with Crippen LogP contribution in [0.15, 0.2) is 18.2 Å². The van der Waals surface area contributed by atoms with Gasteiger partial charge in [0, 0.05) is 19.2 Å². The van der Waals surface area contributed by atoms with E-state index in [0.29, 0.717) is 13.0 Å². The summed E-state index contributed by atoms with van der Waals surface area (Å²) < 4.78 is 13.0. The molecule has 0 bridgehead atoms. The second-order valence-corrected chi connectivity index (χ2v) is 4.42. The molecular weight excluding hydrogens is 245 g/mol. The second kappa shape index (κ2) is 6.91. The molecule has 0 saturated carbocycles. The van der Waals surface area contributed by atoms with Crippen LogP contribution in [0.4, 0.5) is 4.39 Å². The summed E-state index contributed by atoms with van der Waals surface area (Å²) in [5.74, 6) is -0.438. The zero-order valence-electron chi connectivity index (χ0n) is 9.74. The van der Waals surface area contributed by atoms with Gasteiger partial charge in [0.1, 0.15) is 5.82 Å². The molecule has 96 valence electrons. The standard InChI is InChI=1S/C12H17ClFNO2/c1-15(10(8-17)4-5-16)7-9-2-3-12(14)11(13)6-9/h2-3,6,10,16-17H,4-5,7-8H2,1H3. The molecule has 1 aromatic carbocycles. The minimum atomic E-state index is -0.438. The number of hydrogen-bond acceptors (Lipinski definition) is 3. The zero-order valence-corrected chi connectivity index (χ0v) is 10.5.